The zero-order valence-electron chi connectivity index (χ0n) is 13.3. The van der Waals surface area contributed by atoms with Crippen LogP contribution in [0.1, 0.15) is 38.3 Å². The first kappa shape index (κ1) is 16.3. The summed E-state index contributed by atoms with van der Waals surface area (Å²) < 4.78 is 5.45. The van der Waals surface area contributed by atoms with E-state index in [0.29, 0.717) is 6.61 Å². The van der Waals surface area contributed by atoms with Gasteiger partial charge in [-0.1, -0.05) is 26.0 Å². The molecule has 120 valence electrons. The predicted octanol–water partition coefficient (Wildman–Crippen LogP) is 2.17. The minimum absolute atomic E-state index is 0.0287. The molecule has 1 heterocycles. The second-order valence-corrected chi connectivity index (χ2v) is 6.41. The number of ether oxygens (including phenoxy) is 1. The summed E-state index contributed by atoms with van der Waals surface area (Å²) in [5, 5.41) is 11.9. The standard InChI is InChI=1S/C17H23NO4/c1-11(2)17(3,10-16(20)21)18-15(19)9-12-4-5-14-13(8-12)6-7-22-14/h4-5,8,11H,6-7,9-10H2,1-3H3,(H,18,19)(H,20,21). The van der Waals surface area contributed by atoms with Crippen molar-refractivity contribution in [1.29, 1.82) is 0 Å². The Kier molecular flexibility index (Phi) is 4.74. The molecule has 1 aliphatic heterocycles. The first-order valence-corrected chi connectivity index (χ1v) is 7.57. The molecule has 22 heavy (non-hydrogen) atoms. The first-order chi connectivity index (χ1) is 10.3. The molecule has 5 heteroatoms. The van der Waals surface area contributed by atoms with Gasteiger partial charge >= 0.3 is 5.97 Å². The Bertz CT molecular complexity index is 582. The molecule has 5 nitrogen and oxygen atoms in total. The molecule has 0 aromatic heterocycles. The lowest BCUT2D eigenvalue weighted by Gasteiger charge is -2.33. The molecule has 0 fully saturated rings. The molecule has 1 amide bonds. The fourth-order valence-corrected chi connectivity index (χ4v) is 2.60. The maximum Gasteiger partial charge on any atom is 0.305 e. The zero-order chi connectivity index (χ0) is 16.3. The summed E-state index contributed by atoms with van der Waals surface area (Å²) in [5.74, 6) is -0.148. The van der Waals surface area contributed by atoms with Crippen LogP contribution < -0.4 is 10.1 Å². The molecule has 0 spiro atoms. The lowest BCUT2D eigenvalue weighted by Crippen LogP contribution is -2.51. The van der Waals surface area contributed by atoms with Crippen molar-refractivity contribution in [2.45, 2.75) is 45.6 Å². The number of carbonyl (C=O) groups is 2. The van der Waals surface area contributed by atoms with Crippen LogP contribution in [0.3, 0.4) is 0 Å². The number of aliphatic carboxylic acids is 1. The minimum Gasteiger partial charge on any atom is -0.493 e. The molecular formula is C17H23NO4. The topological polar surface area (TPSA) is 75.6 Å². The van der Waals surface area contributed by atoms with Gasteiger partial charge < -0.3 is 15.2 Å². The average molecular weight is 305 g/mol. The Morgan fingerprint density at radius 1 is 1.41 bits per heavy atom. The van der Waals surface area contributed by atoms with E-state index in [1.165, 1.54) is 0 Å². The van der Waals surface area contributed by atoms with Crippen molar-refractivity contribution in [2.75, 3.05) is 6.61 Å². The number of fused-ring (bicyclic) bond motifs is 1. The van der Waals surface area contributed by atoms with Crippen LogP contribution in [-0.4, -0.2) is 29.1 Å². The Morgan fingerprint density at radius 2 is 2.14 bits per heavy atom. The number of carboxylic acids is 1. The molecule has 1 aromatic rings. The molecule has 0 bridgehead atoms. The Hall–Kier alpha value is -2.04. The van der Waals surface area contributed by atoms with Crippen molar-refractivity contribution >= 4 is 11.9 Å². The van der Waals surface area contributed by atoms with Crippen LogP contribution in [0.2, 0.25) is 0 Å². The summed E-state index contributed by atoms with van der Waals surface area (Å²) in [5.41, 5.74) is 1.30. The number of nitrogens with one attached hydrogen (secondary N) is 1. The van der Waals surface area contributed by atoms with E-state index in [9.17, 15) is 9.59 Å². The highest BCUT2D eigenvalue weighted by molar-refractivity contribution is 5.80. The maximum atomic E-state index is 12.3. The molecular weight excluding hydrogens is 282 g/mol. The lowest BCUT2D eigenvalue weighted by atomic mass is 9.85. The molecule has 0 radical (unpaired) electrons. The van der Waals surface area contributed by atoms with Crippen LogP contribution in [-0.2, 0) is 22.4 Å². The van der Waals surface area contributed by atoms with E-state index in [2.05, 4.69) is 5.32 Å². The van der Waals surface area contributed by atoms with E-state index in [-0.39, 0.29) is 24.7 Å². The first-order valence-electron chi connectivity index (χ1n) is 7.57. The van der Waals surface area contributed by atoms with Crippen molar-refractivity contribution in [3.63, 3.8) is 0 Å². The third-order valence-corrected chi connectivity index (χ3v) is 4.34. The van der Waals surface area contributed by atoms with E-state index in [4.69, 9.17) is 9.84 Å². The summed E-state index contributed by atoms with van der Waals surface area (Å²) in [7, 11) is 0. The van der Waals surface area contributed by atoms with Gasteiger partial charge in [0.25, 0.3) is 0 Å². The average Bonchev–Trinajstić information content (AvgIpc) is 2.84. The summed E-state index contributed by atoms with van der Waals surface area (Å²) in [6, 6.07) is 5.77. The van der Waals surface area contributed by atoms with E-state index >= 15 is 0 Å². The van der Waals surface area contributed by atoms with Crippen molar-refractivity contribution < 1.29 is 19.4 Å². The van der Waals surface area contributed by atoms with Gasteiger partial charge in [-0.3, -0.25) is 9.59 Å². The minimum atomic E-state index is -0.911. The molecule has 2 N–H and O–H groups in total. The van der Waals surface area contributed by atoms with Crippen LogP contribution in [0.25, 0.3) is 0 Å². The van der Waals surface area contributed by atoms with Crippen molar-refractivity contribution in [3.05, 3.63) is 29.3 Å². The highest BCUT2D eigenvalue weighted by Crippen LogP contribution is 2.26. The molecule has 2 rings (SSSR count). The Balaban J connectivity index is 2.03. The highest BCUT2D eigenvalue weighted by Gasteiger charge is 2.32. The summed E-state index contributed by atoms with van der Waals surface area (Å²) in [4.78, 5) is 23.3. The normalized spacial score (nSPS) is 15.8. The second-order valence-electron chi connectivity index (χ2n) is 6.41. The van der Waals surface area contributed by atoms with Gasteiger partial charge in [-0.25, -0.2) is 0 Å². The lowest BCUT2D eigenvalue weighted by molar-refractivity contribution is -0.139. The molecule has 1 unspecified atom stereocenters. The van der Waals surface area contributed by atoms with Gasteiger partial charge in [0.15, 0.2) is 0 Å². The van der Waals surface area contributed by atoms with Crippen LogP contribution >= 0.6 is 0 Å². The number of hydrogen-bond donors (Lipinski definition) is 2. The number of hydrogen-bond acceptors (Lipinski definition) is 3. The summed E-state index contributed by atoms with van der Waals surface area (Å²) in [6.07, 6.45) is 1.02. The molecule has 1 aromatic carbocycles. The quantitative estimate of drug-likeness (QED) is 0.844. The van der Waals surface area contributed by atoms with E-state index in [0.717, 1.165) is 23.3 Å². The molecule has 0 saturated heterocycles. The molecule has 1 aliphatic rings. The number of carbonyl (C=O) groups excluding carboxylic acids is 1. The SMILES string of the molecule is CC(C)C(C)(CC(=O)O)NC(=O)Cc1ccc2c(c1)CCO2. The molecule has 0 saturated carbocycles. The van der Waals surface area contributed by atoms with Crippen LogP contribution in [0.4, 0.5) is 0 Å². The fraction of sp³-hybridized carbons (Fsp3) is 0.529. The monoisotopic (exact) mass is 305 g/mol. The predicted molar refractivity (Wildman–Crippen MR) is 83.0 cm³/mol. The van der Waals surface area contributed by atoms with Crippen molar-refractivity contribution in [2.24, 2.45) is 5.92 Å². The Labute approximate surface area is 130 Å². The molecule has 1 atom stereocenters. The fourth-order valence-electron chi connectivity index (χ4n) is 2.60. The van der Waals surface area contributed by atoms with E-state index < -0.39 is 11.5 Å². The number of benzene rings is 1. The smallest absolute Gasteiger partial charge is 0.305 e. The van der Waals surface area contributed by atoms with Crippen LogP contribution in [0.15, 0.2) is 18.2 Å². The Morgan fingerprint density at radius 3 is 2.77 bits per heavy atom. The van der Waals surface area contributed by atoms with Crippen LogP contribution in [0.5, 0.6) is 5.75 Å². The largest absolute Gasteiger partial charge is 0.493 e. The maximum absolute atomic E-state index is 12.3. The third kappa shape index (κ3) is 3.78. The van der Waals surface area contributed by atoms with Gasteiger partial charge in [-0.05, 0) is 30.0 Å². The third-order valence-electron chi connectivity index (χ3n) is 4.34. The van der Waals surface area contributed by atoms with Crippen LogP contribution in [0, 0.1) is 5.92 Å². The number of rotatable bonds is 6. The van der Waals surface area contributed by atoms with Crippen molar-refractivity contribution in [3.8, 4) is 5.75 Å². The van der Waals surface area contributed by atoms with Gasteiger partial charge in [0, 0.05) is 12.0 Å². The van der Waals surface area contributed by atoms with Gasteiger partial charge in [0.1, 0.15) is 5.75 Å². The summed E-state index contributed by atoms with van der Waals surface area (Å²) in [6.45, 7) is 6.29. The van der Waals surface area contributed by atoms with Gasteiger partial charge in [-0.15, -0.1) is 0 Å². The number of carboxylic acid groups (broad SMARTS) is 1. The van der Waals surface area contributed by atoms with Gasteiger partial charge in [-0.2, -0.15) is 0 Å². The number of amides is 1. The van der Waals surface area contributed by atoms with E-state index in [1.54, 1.807) is 6.92 Å². The van der Waals surface area contributed by atoms with Crippen molar-refractivity contribution in [1.82, 2.24) is 5.32 Å². The van der Waals surface area contributed by atoms with E-state index in [1.807, 2.05) is 32.0 Å². The second kappa shape index (κ2) is 6.38. The molecule has 0 aliphatic carbocycles. The summed E-state index contributed by atoms with van der Waals surface area (Å²) >= 11 is 0. The highest BCUT2D eigenvalue weighted by atomic mass is 16.5. The van der Waals surface area contributed by atoms with Gasteiger partial charge in [0.2, 0.25) is 5.91 Å². The zero-order valence-corrected chi connectivity index (χ0v) is 13.3. The van der Waals surface area contributed by atoms with Gasteiger partial charge in [0.05, 0.1) is 19.4 Å².